The summed E-state index contributed by atoms with van der Waals surface area (Å²) in [7, 11) is -2.38. The number of nitrogens with two attached hydrogens (primary N) is 1. The van der Waals surface area contributed by atoms with Gasteiger partial charge >= 0.3 is 8.17 Å². The summed E-state index contributed by atoms with van der Waals surface area (Å²) in [5.41, 5.74) is 7.54. The zero-order valence-electron chi connectivity index (χ0n) is 16.8. The van der Waals surface area contributed by atoms with Gasteiger partial charge in [0.2, 0.25) is 0 Å². The van der Waals surface area contributed by atoms with Crippen molar-refractivity contribution in [2.75, 3.05) is 29.7 Å². The molecular formula is C18H23N5O6PS+. The minimum Gasteiger partial charge on any atom is -0.382 e. The van der Waals surface area contributed by atoms with Gasteiger partial charge in [-0.2, -0.15) is 14.3 Å². The molecule has 0 bridgehead atoms. The summed E-state index contributed by atoms with van der Waals surface area (Å²) >= 11 is 1.56. The molecule has 5 atom stereocenters. The highest BCUT2D eigenvalue weighted by Gasteiger charge is 2.62. The van der Waals surface area contributed by atoms with Gasteiger partial charge in [0.15, 0.2) is 29.5 Å². The maximum Gasteiger partial charge on any atom is 0.570 e. The summed E-state index contributed by atoms with van der Waals surface area (Å²) in [6.07, 6.45) is -1.12. The number of benzene rings is 1. The first-order valence-electron chi connectivity index (χ1n) is 9.61. The number of nitrogens with one attached hydrogen (secondary N) is 1. The van der Waals surface area contributed by atoms with Crippen LogP contribution in [0.3, 0.4) is 0 Å². The van der Waals surface area contributed by atoms with E-state index in [2.05, 4.69) is 15.3 Å². The van der Waals surface area contributed by atoms with Gasteiger partial charge in [-0.3, -0.25) is 4.90 Å². The third-order valence-corrected chi connectivity index (χ3v) is 7.50. The van der Waals surface area contributed by atoms with E-state index in [1.807, 2.05) is 36.1 Å². The lowest BCUT2D eigenvalue weighted by Crippen LogP contribution is -2.49. The van der Waals surface area contributed by atoms with Crippen molar-refractivity contribution in [3.05, 3.63) is 36.2 Å². The summed E-state index contributed by atoms with van der Waals surface area (Å²) in [5, 5.41) is 3.37. The topological polar surface area (TPSA) is 144 Å². The zero-order chi connectivity index (χ0) is 21.8. The van der Waals surface area contributed by atoms with E-state index < -0.39 is 32.7 Å². The number of methoxy groups -OCH3 is 1. The van der Waals surface area contributed by atoms with Crippen molar-refractivity contribution in [2.45, 2.75) is 41.9 Å². The van der Waals surface area contributed by atoms with Gasteiger partial charge in [0.1, 0.15) is 30.8 Å². The molecule has 166 valence electrons. The third-order valence-electron chi connectivity index (χ3n) is 5.39. The minimum atomic E-state index is -3.91. The van der Waals surface area contributed by atoms with Crippen LogP contribution in [0.2, 0.25) is 0 Å². The van der Waals surface area contributed by atoms with Crippen LogP contribution in [-0.4, -0.2) is 63.5 Å². The van der Waals surface area contributed by atoms with Gasteiger partial charge in [-0.15, -0.1) is 4.52 Å². The molecule has 3 aliphatic heterocycles. The van der Waals surface area contributed by atoms with Gasteiger partial charge < -0.3 is 20.5 Å². The van der Waals surface area contributed by atoms with Gasteiger partial charge in [0.05, 0.1) is 0 Å². The van der Waals surface area contributed by atoms with Crippen LogP contribution in [-0.2, 0) is 18.5 Å². The van der Waals surface area contributed by atoms with Gasteiger partial charge in [-0.25, -0.2) is 9.97 Å². The predicted octanol–water partition coefficient (Wildman–Crippen LogP) is 1.49. The summed E-state index contributed by atoms with van der Waals surface area (Å²) in [6.45, 7) is 2.02. The van der Waals surface area contributed by atoms with Crippen LogP contribution < -0.4 is 16.0 Å². The third kappa shape index (κ3) is 3.83. The Morgan fingerprint density at radius 3 is 2.81 bits per heavy atom. The number of thioether (sulfide) groups is 1. The summed E-state index contributed by atoms with van der Waals surface area (Å²) in [6, 6.07) is 8.15. The number of nitrogens with zero attached hydrogens (tertiary/aromatic N) is 3. The monoisotopic (exact) mass is 468 g/mol. The Kier molecular flexibility index (Phi) is 5.43. The molecule has 2 fully saturated rings. The van der Waals surface area contributed by atoms with E-state index >= 15 is 0 Å². The van der Waals surface area contributed by atoms with Crippen molar-refractivity contribution in [3.8, 4) is 0 Å². The van der Waals surface area contributed by atoms with E-state index in [4.69, 9.17) is 24.3 Å². The Balaban J connectivity index is 1.49. The van der Waals surface area contributed by atoms with E-state index in [1.54, 1.807) is 11.8 Å². The maximum atomic E-state index is 9.89. The fourth-order valence-corrected chi connectivity index (χ4v) is 5.95. The van der Waals surface area contributed by atoms with E-state index in [-0.39, 0.29) is 12.1 Å². The summed E-state index contributed by atoms with van der Waals surface area (Å²) in [5.74, 6) is 0.888. The predicted molar refractivity (Wildman–Crippen MR) is 115 cm³/mol. The number of aryl methyl sites for hydroxylation is 1. The van der Waals surface area contributed by atoms with Crippen LogP contribution in [0.25, 0.3) is 0 Å². The number of anilines is 3. The molecule has 0 amide bonds. The van der Waals surface area contributed by atoms with Crippen LogP contribution in [0.15, 0.2) is 35.5 Å². The number of ether oxygens (including phenoxy) is 2. The lowest BCUT2D eigenvalue weighted by Gasteiger charge is -2.33. The molecule has 31 heavy (non-hydrogen) atoms. The molecule has 11 nitrogen and oxygen atoms in total. The van der Waals surface area contributed by atoms with Crippen molar-refractivity contribution in [2.24, 2.45) is 0 Å². The molecule has 0 spiro atoms. The number of fused-ring (bicyclic) bond motifs is 2. The molecule has 5 rings (SSSR count). The first-order valence-corrected chi connectivity index (χ1v) is 12.0. The quantitative estimate of drug-likeness (QED) is 0.483. The van der Waals surface area contributed by atoms with Crippen LogP contribution in [0.1, 0.15) is 5.56 Å². The highest BCUT2D eigenvalue weighted by atomic mass is 32.2. The molecule has 5 N–H and O–H groups in total. The SMILES string of the molecule is COC1C(N2c3ncnc(N)c3NC2Sc2ccc(C)cc2)OC2CO[P+](O)(O)O[C@H]21. The highest BCUT2D eigenvalue weighted by molar-refractivity contribution is 8.00. The molecule has 2 saturated heterocycles. The highest BCUT2D eigenvalue weighted by Crippen LogP contribution is 2.59. The normalized spacial score (nSPS) is 31.2. The number of nitrogen functional groups attached to an aromatic ring is 1. The largest absolute Gasteiger partial charge is 0.570 e. The molecule has 4 unspecified atom stereocenters. The van der Waals surface area contributed by atoms with Crippen molar-refractivity contribution in [1.29, 1.82) is 0 Å². The van der Waals surface area contributed by atoms with Crippen LogP contribution >= 0.6 is 19.9 Å². The standard InChI is InChI=1S/C18H23N5O6PS/c1-9-3-5-10(6-4-9)31-18-22-12-15(19)20-8-21-16(12)23(18)17-14(26-2)13-11(28-17)7-27-30(24,25)29-13/h3-6,8,11,13-14,17-18,22,24-25H,7H2,1-2H3,(H2,19,20,21)/q+1/t11?,13-,14?,17?,18?/m1/s1. The Bertz CT molecular complexity index is 969. The molecule has 0 saturated carbocycles. The molecular weight excluding hydrogens is 445 g/mol. The molecule has 1 aromatic carbocycles. The fraction of sp³-hybridized carbons (Fsp3) is 0.444. The van der Waals surface area contributed by atoms with Crippen LogP contribution in [0.5, 0.6) is 0 Å². The second-order valence-electron chi connectivity index (χ2n) is 7.41. The first kappa shape index (κ1) is 21.1. The molecule has 13 heteroatoms. The van der Waals surface area contributed by atoms with E-state index in [0.29, 0.717) is 17.3 Å². The van der Waals surface area contributed by atoms with Crippen LogP contribution in [0, 0.1) is 6.92 Å². The Labute approximate surface area is 183 Å². The van der Waals surface area contributed by atoms with E-state index in [9.17, 15) is 9.79 Å². The van der Waals surface area contributed by atoms with Gasteiger partial charge in [0, 0.05) is 12.0 Å². The van der Waals surface area contributed by atoms with Crippen molar-refractivity contribution in [1.82, 2.24) is 9.97 Å². The summed E-state index contributed by atoms with van der Waals surface area (Å²) in [4.78, 5) is 31.3. The van der Waals surface area contributed by atoms with Crippen LogP contribution in [0.4, 0.5) is 17.3 Å². The van der Waals surface area contributed by atoms with Gasteiger partial charge in [-0.1, -0.05) is 29.5 Å². The number of rotatable bonds is 4. The minimum absolute atomic E-state index is 0.0163. The second-order valence-corrected chi connectivity index (χ2v) is 10.0. The van der Waals surface area contributed by atoms with Gasteiger partial charge in [0.25, 0.3) is 0 Å². The average molecular weight is 468 g/mol. The zero-order valence-corrected chi connectivity index (χ0v) is 18.5. The first-order chi connectivity index (χ1) is 14.9. The lowest BCUT2D eigenvalue weighted by molar-refractivity contribution is -0.0681. The summed E-state index contributed by atoms with van der Waals surface area (Å²) < 4.78 is 22.4. The van der Waals surface area contributed by atoms with Gasteiger partial charge in [-0.05, 0) is 19.1 Å². The van der Waals surface area contributed by atoms with Crippen molar-refractivity contribution >= 4 is 37.3 Å². The number of aromatic nitrogens is 2. The Morgan fingerprint density at radius 1 is 1.29 bits per heavy atom. The Hall–Kier alpha value is -1.76. The van der Waals surface area contributed by atoms with Crippen molar-refractivity contribution in [3.63, 3.8) is 0 Å². The molecule has 4 heterocycles. The lowest BCUT2D eigenvalue weighted by atomic mass is 10.1. The Morgan fingerprint density at radius 2 is 2.06 bits per heavy atom. The molecule has 2 aromatic rings. The smallest absolute Gasteiger partial charge is 0.382 e. The average Bonchev–Trinajstić information content (AvgIpc) is 3.26. The van der Waals surface area contributed by atoms with Crippen molar-refractivity contribution < 1.29 is 28.3 Å². The van der Waals surface area contributed by atoms with E-state index in [0.717, 1.165) is 4.90 Å². The molecule has 0 aliphatic carbocycles. The molecule has 0 radical (unpaired) electrons. The number of hydrogen-bond acceptors (Lipinski definition) is 12. The number of hydrogen-bond donors (Lipinski definition) is 4. The molecule has 1 aromatic heterocycles. The fourth-order valence-electron chi connectivity index (χ4n) is 3.92. The molecule has 3 aliphatic rings. The second kappa shape index (κ2) is 7.98. The van der Waals surface area contributed by atoms with E-state index in [1.165, 1.54) is 19.0 Å². The maximum absolute atomic E-state index is 9.89.